The molecule has 0 aliphatic carbocycles. The van der Waals surface area contributed by atoms with Gasteiger partial charge in [-0.15, -0.1) is 11.3 Å². The molecule has 18 heavy (non-hydrogen) atoms. The van der Waals surface area contributed by atoms with Gasteiger partial charge in [0.1, 0.15) is 0 Å². The quantitative estimate of drug-likeness (QED) is 0.846. The van der Waals surface area contributed by atoms with Crippen molar-refractivity contribution < 1.29 is 4.79 Å². The number of thiazole rings is 1. The van der Waals surface area contributed by atoms with Crippen LogP contribution in [0.15, 0.2) is 30.5 Å². The molecular weight excluding hydrogens is 268 g/mol. The number of rotatable bonds is 2. The van der Waals surface area contributed by atoms with Gasteiger partial charge in [-0.05, 0) is 18.1 Å². The fourth-order valence-electron chi connectivity index (χ4n) is 2.17. The molecule has 0 saturated heterocycles. The number of carbonyl (C=O) groups excluding carboxylic acids is 1. The zero-order valence-corrected chi connectivity index (χ0v) is 11.2. The Morgan fingerprint density at radius 2 is 2.22 bits per heavy atom. The standard InChI is InChI=1S/C13H11ClN2OS/c14-13-15-7-10(18-13)8-16-6-5-9-3-1-2-4-11(9)12(16)17/h1-4,7H,5-6,8H2. The molecule has 0 unspecified atom stereocenters. The lowest BCUT2D eigenvalue weighted by Gasteiger charge is -2.27. The lowest BCUT2D eigenvalue weighted by molar-refractivity contribution is 0.0728. The van der Waals surface area contributed by atoms with Crippen LogP contribution in [0.5, 0.6) is 0 Å². The Bertz CT molecular complexity index is 596. The summed E-state index contributed by atoms with van der Waals surface area (Å²) in [6.07, 6.45) is 2.65. The summed E-state index contributed by atoms with van der Waals surface area (Å²) in [6.45, 7) is 1.35. The summed E-state index contributed by atoms with van der Waals surface area (Å²) in [4.78, 5) is 19.2. The van der Waals surface area contributed by atoms with E-state index >= 15 is 0 Å². The van der Waals surface area contributed by atoms with Crippen LogP contribution in [0.4, 0.5) is 0 Å². The van der Waals surface area contributed by atoms with Crippen LogP contribution in [-0.4, -0.2) is 22.3 Å². The normalized spacial score (nSPS) is 14.7. The maximum atomic E-state index is 12.3. The number of nitrogens with zero attached hydrogens (tertiary/aromatic N) is 2. The number of hydrogen-bond donors (Lipinski definition) is 0. The molecule has 3 nitrogen and oxygen atoms in total. The van der Waals surface area contributed by atoms with E-state index in [2.05, 4.69) is 4.98 Å². The fourth-order valence-corrected chi connectivity index (χ4v) is 3.16. The van der Waals surface area contributed by atoms with Gasteiger partial charge in [-0.1, -0.05) is 29.8 Å². The van der Waals surface area contributed by atoms with Crippen LogP contribution in [0.25, 0.3) is 0 Å². The van der Waals surface area contributed by atoms with Crippen LogP contribution in [0.2, 0.25) is 4.47 Å². The molecule has 0 fully saturated rings. The van der Waals surface area contributed by atoms with Gasteiger partial charge < -0.3 is 4.90 Å². The molecule has 1 aliphatic rings. The first kappa shape index (κ1) is 11.7. The molecule has 1 aromatic carbocycles. The third kappa shape index (κ3) is 2.13. The molecule has 1 amide bonds. The Morgan fingerprint density at radius 3 is 3.00 bits per heavy atom. The van der Waals surface area contributed by atoms with E-state index in [-0.39, 0.29) is 5.91 Å². The van der Waals surface area contributed by atoms with Crippen molar-refractivity contribution in [3.05, 3.63) is 50.9 Å². The lowest BCUT2D eigenvalue weighted by Crippen LogP contribution is -2.36. The Kier molecular flexibility index (Phi) is 3.06. The van der Waals surface area contributed by atoms with E-state index in [4.69, 9.17) is 11.6 Å². The first-order valence-corrected chi connectivity index (χ1v) is 6.91. The first-order valence-electron chi connectivity index (χ1n) is 5.71. The Balaban J connectivity index is 1.82. The van der Waals surface area contributed by atoms with Gasteiger partial charge in [0.05, 0.1) is 6.54 Å². The second kappa shape index (κ2) is 4.71. The minimum Gasteiger partial charge on any atom is -0.333 e. The summed E-state index contributed by atoms with van der Waals surface area (Å²) in [5.74, 6) is 0.0985. The van der Waals surface area contributed by atoms with Gasteiger partial charge in [0.25, 0.3) is 5.91 Å². The number of hydrogen-bond acceptors (Lipinski definition) is 3. The van der Waals surface area contributed by atoms with Gasteiger partial charge >= 0.3 is 0 Å². The van der Waals surface area contributed by atoms with Crippen LogP contribution in [0.1, 0.15) is 20.8 Å². The van der Waals surface area contributed by atoms with Crippen molar-refractivity contribution in [3.8, 4) is 0 Å². The number of benzene rings is 1. The highest BCUT2D eigenvalue weighted by molar-refractivity contribution is 7.15. The van der Waals surface area contributed by atoms with Crippen LogP contribution >= 0.6 is 22.9 Å². The first-order chi connectivity index (χ1) is 8.74. The molecule has 0 radical (unpaired) electrons. The molecular formula is C13H11ClN2OS. The summed E-state index contributed by atoms with van der Waals surface area (Å²) in [5.41, 5.74) is 1.96. The molecule has 0 N–H and O–H groups in total. The highest BCUT2D eigenvalue weighted by atomic mass is 35.5. The molecule has 0 saturated carbocycles. The predicted molar refractivity (Wildman–Crippen MR) is 72.0 cm³/mol. The monoisotopic (exact) mass is 278 g/mol. The van der Waals surface area contributed by atoms with Crippen molar-refractivity contribution in [2.45, 2.75) is 13.0 Å². The van der Waals surface area contributed by atoms with Gasteiger partial charge in [-0.3, -0.25) is 4.79 Å². The van der Waals surface area contributed by atoms with Crippen LogP contribution in [0.3, 0.4) is 0 Å². The van der Waals surface area contributed by atoms with Crippen molar-refractivity contribution in [2.24, 2.45) is 0 Å². The molecule has 92 valence electrons. The smallest absolute Gasteiger partial charge is 0.254 e. The van der Waals surface area contributed by atoms with Gasteiger partial charge in [0.15, 0.2) is 4.47 Å². The summed E-state index contributed by atoms with van der Waals surface area (Å²) in [5, 5.41) is 0. The Hall–Kier alpha value is -1.39. The molecule has 0 bridgehead atoms. The molecule has 2 aromatic rings. The van der Waals surface area contributed by atoms with E-state index in [1.54, 1.807) is 6.20 Å². The van der Waals surface area contributed by atoms with E-state index in [1.165, 1.54) is 11.3 Å². The number of halogens is 1. The van der Waals surface area contributed by atoms with E-state index in [9.17, 15) is 4.79 Å². The van der Waals surface area contributed by atoms with Crippen molar-refractivity contribution in [1.29, 1.82) is 0 Å². The number of aromatic nitrogens is 1. The van der Waals surface area contributed by atoms with E-state index < -0.39 is 0 Å². The van der Waals surface area contributed by atoms with Crippen LogP contribution < -0.4 is 0 Å². The SMILES string of the molecule is O=C1c2ccccc2CCN1Cc1cnc(Cl)s1. The summed E-state index contributed by atoms with van der Waals surface area (Å²) in [6, 6.07) is 7.80. The number of fused-ring (bicyclic) bond motifs is 1. The van der Waals surface area contributed by atoms with Crippen molar-refractivity contribution in [1.82, 2.24) is 9.88 Å². The van der Waals surface area contributed by atoms with Crippen molar-refractivity contribution in [3.63, 3.8) is 0 Å². The Labute approximate surface area is 114 Å². The van der Waals surface area contributed by atoms with E-state index in [0.717, 1.165) is 29.0 Å². The summed E-state index contributed by atoms with van der Waals surface area (Å²) in [7, 11) is 0. The van der Waals surface area contributed by atoms with Crippen LogP contribution in [-0.2, 0) is 13.0 Å². The van der Waals surface area contributed by atoms with Gasteiger partial charge in [-0.25, -0.2) is 4.98 Å². The molecule has 2 heterocycles. The number of carbonyl (C=O) groups is 1. The summed E-state index contributed by atoms with van der Waals surface area (Å²) < 4.78 is 0.523. The largest absolute Gasteiger partial charge is 0.333 e. The van der Waals surface area contributed by atoms with Crippen LogP contribution in [0, 0.1) is 0 Å². The third-order valence-electron chi connectivity index (χ3n) is 3.06. The van der Waals surface area contributed by atoms with E-state index in [1.807, 2.05) is 29.2 Å². The minimum absolute atomic E-state index is 0.0985. The zero-order chi connectivity index (χ0) is 12.5. The highest BCUT2D eigenvalue weighted by Gasteiger charge is 2.24. The summed E-state index contributed by atoms with van der Waals surface area (Å²) >= 11 is 7.22. The topological polar surface area (TPSA) is 33.2 Å². The van der Waals surface area contributed by atoms with Gasteiger partial charge in [0, 0.05) is 23.2 Å². The second-order valence-corrected chi connectivity index (χ2v) is 5.91. The molecule has 3 rings (SSSR count). The number of amides is 1. The zero-order valence-electron chi connectivity index (χ0n) is 9.60. The third-order valence-corrected chi connectivity index (χ3v) is 4.16. The average molecular weight is 279 g/mol. The van der Waals surface area contributed by atoms with Crippen molar-refractivity contribution >= 4 is 28.8 Å². The Morgan fingerprint density at radius 1 is 1.39 bits per heavy atom. The average Bonchev–Trinajstić information content (AvgIpc) is 2.79. The molecule has 5 heteroatoms. The fraction of sp³-hybridized carbons (Fsp3) is 0.231. The molecule has 1 aliphatic heterocycles. The lowest BCUT2D eigenvalue weighted by atomic mass is 9.99. The maximum Gasteiger partial charge on any atom is 0.254 e. The molecule has 0 atom stereocenters. The van der Waals surface area contributed by atoms with Gasteiger partial charge in [0.2, 0.25) is 0 Å². The van der Waals surface area contributed by atoms with Gasteiger partial charge in [-0.2, -0.15) is 0 Å². The minimum atomic E-state index is 0.0985. The molecule has 0 spiro atoms. The van der Waals surface area contributed by atoms with Crippen molar-refractivity contribution in [2.75, 3.05) is 6.54 Å². The maximum absolute atomic E-state index is 12.3. The van der Waals surface area contributed by atoms with E-state index in [0.29, 0.717) is 11.0 Å². The highest BCUT2D eigenvalue weighted by Crippen LogP contribution is 2.23. The predicted octanol–water partition coefficient (Wildman–Crippen LogP) is 3.00. The second-order valence-electron chi connectivity index (χ2n) is 4.21. The molecule has 1 aromatic heterocycles.